The van der Waals surface area contributed by atoms with Gasteiger partial charge in [-0.2, -0.15) is 0 Å². The maximum atomic E-state index is 12.8. The van der Waals surface area contributed by atoms with E-state index in [0.29, 0.717) is 0 Å². The first-order valence-corrected chi connectivity index (χ1v) is 8.46. The highest BCUT2D eigenvalue weighted by molar-refractivity contribution is 5.84. The lowest BCUT2D eigenvalue weighted by molar-refractivity contribution is -0.141. The van der Waals surface area contributed by atoms with Gasteiger partial charge in [0.25, 0.3) is 0 Å². The smallest absolute Gasteiger partial charge is 0.248 e. The van der Waals surface area contributed by atoms with Crippen LogP contribution in [0.1, 0.15) is 39.5 Å². The minimum Gasteiger partial charge on any atom is -0.347 e. The summed E-state index contributed by atoms with van der Waals surface area (Å²) in [7, 11) is 3.69. The van der Waals surface area contributed by atoms with Crippen LogP contribution < -0.4 is 0 Å². The molecule has 1 amide bonds. The van der Waals surface area contributed by atoms with Crippen molar-refractivity contribution in [3.63, 3.8) is 0 Å². The van der Waals surface area contributed by atoms with Crippen LogP contribution in [0.3, 0.4) is 0 Å². The largest absolute Gasteiger partial charge is 0.347 e. The van der Waals surface area contributed by atoms with Crippen LogP contribution in [-0.2, 0) is 10.3 Å². The summed E-state index contributed by atoms with van der Waals surface area (Å²) in [6.45, 7) is 7.65. The Balaban J connectivity index is 2.10. The van der Waals surface area contributed by atoms with E-state index in [1.54, 1.807) is 17.4 Å². The third-order valence-electron chi connectivity index (χ3n) is 5.16. The van der Waals surface area contributed by atoms with Crippen molar-refractivity contribution in [2.24, 2.45) is 5.92 Å². The van der Waals surface area contributed by atoms with Gasteiger partial charge in [-0.05, 0) is 18.8 Å². The number of amides is 1. The second-order valence-electron chi connectivity index (χ2n) is 6.68. The van der Waals surface area contributed by atoms with Crippen LogP contribution in [-0.4, -0.2) is 59.0 Å². The molecule has 1 fully saturated rings. The monoisotopic (exact) mass is 306 g/mol. The van der Waals surface area contributed by atoms with E-state index in [4.69, 9.17) is 0 Å². The maximum absolute atomic E-state index is 12.8. The number of carbonyl (C=O) groups excluding carboxylic acids is 1. The minimum absolute atomic E-state index is 0.188. The molecule has 0 aliphatic carbocycles. The summed E-state index contributed by atoms with van der Waals surface area (Å²) in [5, 5.41) is 0. The summed E-state index contributed by atoms with van der Waals surface area (Å²) in [6.07, 6.45) is 9.67. The number of nitrogens with zero attached hydrogens (tertiary/aromatic N) is 4. The number of hydrogen-bond acceptors (Lipinski definition) is 3. The van der Waals surface area contributed by atoms with Crippen LogP contribution in [0.25, 0.3) is 0 Å². The number of imidazole rings is 1. The van der Waals surface area contributed by atoms with E-state index in [9.17, 15) is 4.79 Å². The van der Waals surface area contributed by atoms with Gasteiger partial charge in [-0.25, -0.2) is 4.98 Å². The van der Waals surface area contributed by atoms with Gasteiger partial charge in [0, 0.05) is 46.1 Å². The van der Waals surface area contributed by atoms with Crippen molar-refractivity contribution in [2.45, 2.75) is 45.1 Å². The molecule has 0 radical (unpaired) electrons. The van der Waals surface area contributed by atoms with Gasteiger partial charge >= 0.3 is 0 Å². The van der Waals surface area contributed by atoms with Crippen LogP contribution in [0.2, 0.25) is 0 Å². The van der Waals surface area contributed by atoms with Crippen molar-refractivity contribution < 1.29 is 4.79 Å². The number of piperidine rings is 1. The zero-order chi connectivity index (χ0) is 16.2. The highest BCUT2D eigenvalue weighted by Crippen LogP contribution is 2.32. The van der Waals surface area contributed by atoms with E-state index >= 15 is 0 Å². The van der Waals surface area contributed by atoms with Crippen molar-refractivity contribution >= 4 is 5.91 Å². The SMILES string of the molecule is CCC(CC)CN1CCC(C(=O)N(C)C)(n2ccnc2)CC1. The predicted molar refractivity (Wildman–Crippen MR) is 88.6 cm³/mol. The molecule has 124 valence electrons. The van der Waals surface area contributed by atoms with Crippen LogP contribution >= 0.6 is 0 Å². The normalized spacial score (nSPS) is 18.6. The molecule has 1 aromatic heterocycles. The Hall–Kier alpha value is -1.36. The van der Waals surface area contributed by atoms with Gasteiger partial charge in [0.1, 0.15) is 5.54 Å². The lowest BCUT2D eigenvalue weighted by atomic mass is 9.85. The van der Waals surface area contributed by atoms with Crippen LogP contribution in [0.15, 0.2) is 18.7 Å². The highest BCUT2D eigenvalue weighted by Gasteiger charge is 2.43. The second-order valence-corrected chi connectivity index (χ2v) is 6.68. The number of likely N-dealkylation sites (tertiary alicyclic amines) is 1. The Morgan fingerprint density at radius 1 is 1.27 bits per heavy atom. The third-order valence-corrected chi connectivity index (χ3v) is 5.16. The lowest BCUT2D eigenvalue weighted by Gasteiger charge is -2.43. The number of rotatable bonds is 6. The third kappa shape index (κ3) is 3.35. The molecular formula is C17H30N4O. The Kier molecular flexibility index (Phi) is 5.62. The molecular weight excluding hydrogens is 276 g/mol. The van der Waals surface area contributed by atoms with E-state index < -0.39 is 5.54 Å². The van der Waals surface area contributed by atoms with Crippen LogP contribution in [0.5, 0.6) is 0 Å². The first kappa shape index (κ1) is 17.0. The number of carbonyl (C=O) groups is 1. The van der Waals surface area contributed by atoms with Gasteiger partial charge < -0.3 is 14.4 Å². The number of hydrogen-bond donors (Lipinski definition) is 0. The van der Waals surface area contributed by atoms with Crippen LogP contribution in [0.4, 0.5) is 0 Å². The molecule has 1 aromatic rings. The van der Waals surface area contributed by atoms with Gasteiger partial charge in [0.05, 0.1) is 6.33 Å². The van der Waals surface area contributed by atoms with Gasteiger partial charge in [-0.15, -0.1) is 0 Å². The maximum Gasteiger partial charge on any atom is 0.248 e. The van der Waals surface area contributed by atoms with Gasteiger partial charge in [0.2, 0.25) is 5.91 Å². The summed E-state index contributed by atoms with van der Waals surface area (Å²) in [6, 6.07) is 0. The average Bonchev–Trinajstić information content (AvgIpc) is 3.07. The summed E-state index contributed by atoms with van der Waals surface area (Å²) < 4.78 is 2.02. The van der Waals surface area contributed by atoms with Crippen molar-refractivity contribution in [2.75, 3.05) is 33.7 Å². The molecule has 0 spiro atoms. The first-order chi connectivity index (χ1) is 10.5. The molecule has 22 heavy (non-hydrogen) atoms. The molecule has 1 saturated heterocycles. The fraction of sp³-hybridized carbons (Fsp3) is 0.765. The average molecular weight is 306 g/mol. The van der Waals surface area contributed by atoms with Gasteiger partial charge in [0.15, 0.2) is 0 Å². The zero-order valence-electron chi connectivity index (χ0n) is 14.5. The minimum atomic E-state index is -0.454. The molecule has 2 rings (SSSR count). The second kappa shape index (κ2) is 7.27. The van der Waals surface area contributed by atoms with Gasteiger partial charge in [-0.3, -0.25) is 4.79 Å². The molecule has 0 atom stereocenters. The standard InChI is InChI=1S/C17H30N4O/c1-5-15(6-2)13-20-10-7-17(8-11-20,16(22)19(3)4)21-12-9-18-14-21/h9,12,14-15H,5-8,10-11,13H2,1-4H3. The van der Waals surface area contributed by atoms with E-state index in [1.807, 2.05) is 24.9 Å². The number of aromatic nitrogens is 2. The predicted octanol–water partition coefficient (Wildman–Crippen LogP) is 2.20. The number of likely N-dealkylation sites (N-methyl/N-ethyl adjacent to an activating group) is 1. The quantitative estimate of drug-likeness (QED) is 0.809. The Labute approximate surface area is 134 Å². The highest BCUT2D eigenvalue weighted by atomic mass is 16.2. The molecule has 0 aromatic carbocycles. The Morgan fingerprint density at radius 3 is 2.36 bits per heavy atom. The Morgan fingerprint density at radius 2 is 1.91 bits per heavy atom. The van der Waals surface area contributed by atoms with Gasteiger partial charge in [-0.1, -0.05) is 26.7 Å². The fourth-order valence-electron chi connectivity index (χ4n) is 3.53. The van der Waals surface area contributed by atoms with Crippen molar-refractivity contribution in [3.8, 4) is 0 Å². The molecule has 0 saturated carbocycles. The van der Waals surface area contributed by atoms with Crippen LogP contribution in [0, 0.1) is 5.92 Å². The molecule has 2 heterocycles. The summed E-state index contributed by atoms with van der Waals surface area (Å²) >= 11 is 0. The molecule has 5 heteroatoms. The zero-order valence-corrected chi connectivity index (χ0v) is 14.5. The lowest BCUT2D eigenvalue weighted by Crippen LogP contribution is -2.54. The summed E-state index contributed by atoms with van der Waals surface area (Å²) in [5.41, 5.74) is -0.454. The van der Waals surface area contributed by atoms with Crippen molar-refractivity contribution in [1.82, 2.24) is 19.4 Å². The summed E-state index contributed by atoms with van der Waals surface area (Å²) in [4.78, 5) is 21.2. The van der Waals surface area contributed by atoms with Crippen molar-refractivity contribution in [3.05, 3.63) is 18.7 Å². The molecule has 1 aliphatic heterocycles. The van der Waals surface area contributed by atoms with E-state index in [0.717, 1.165) is 38.4 Å². The first-order valence-electron chi connectivity index (χ1n) is 8.46. The summed E-state index contributed by atoms with van der Waals surface area (Å²) in [5.74, 6) is 0.956. The molecule has 0 bridgehead atoms. The Bertz CT molecular complexity index is 457. The molecule has 0 N–H and O–H groups in total. The fourth-order valence-corrected chi connectivity index (χ4v) is 3.53. The molecule has 0 unspecified atom stereocenters. The topological polar surface area (TPSA) is 41.4 Å². The molecule has 5 nitrogen and oxygen atoms in total. The van der Waals surface area contributed by atoms with Crippen molar-refractivity contribution in [1.29, 1.82) is 0 Å². The van der Waals surface area contributed by atoms with E-state index in [1.165, 1.54) is 12.8 Å². The molecule has 1 aliphatic rings. The van der Waals surface area contributed by atoms with E-state index in [-0.39, 0.29) is 5.91 Å². The van der Waals surface area contributed by atoms with E-state index in [2.05, 4.69) is 23.7 Å².